The number of piperidine rings is 1. The minimum Gasteiger partial charge on any atom is -0.497 e. The Labute approximate surface area is 220 Å². The summed E-state index contributed by atoms with van der Waals surface area (Å²) >= 11 is 10.0. The van der Waals surface area contributed by atoms with E-state index in [1.54, 1.807) is 36.4 Å². The molecule has 0 N–H and O–H groups in total. The highest BCUT2D eigenvalue weighted by atomic mass is 35.5. The number of methoxy groups -OCH3 is 1. The Balaban J connectivity index is 1.39. The van der Waals surface area contributed by atoms with Gasteiger partial charge in [-0.3, -0.25) is 9.78 Å². The first-order valence-corrected chi connectivity index (χ1v) is 14.3. The van der Waals surface area contributed by atoms with Gasteiger partial charge in [0.2, 0.25) is 0 Å². The molecule has 35 heavy (non-hydrogen) atoms. The molecule has 0 atom stereocenters. The molecule has 1 aliphatic heterocycles. The summed E-state index contributed by atoms with van der Waals surface area (Å²) in [6.07, 6.45) is 7.64. The summed E-state index contributed by atoms with van der Waals surface area (Å²) < 4.78 is 12.1. The average molecular weight is 534 g/mol. The predicted molar refractivity (Wildman–Crippen MR) is 144 cm³/mol. The molecule has 2 aromatic heterocycles. The largest absolute Gasteiger partial charge is 0.497 e. The normalized spacial score (nSPS) is 15.9. The summed E-state index contributed by atoms with van der Waals surface area (Å²) in [4.78, 5) is 24.4. The number of nitrogens with zero attached hydrogens (tertiary/aromatic N) is 3. The van der Waals surface area contributed by atoms with E-state index in [2.05, 4.69) is 14.9 Å². The van der Waals surface area contributed by atoms with E-state index in [4.69, 9.17) is 21.1 Å². The number of fused-ring (bicyclic) bond motifs is 1. The number of pyridine rings is 1. The molecule has 0 amide bonds. The van der Waals surface area contributed by atoms with Crippen molar-refractivity contribution in [2.24, 2.45) is 5.41 Å². The maximum absolute atomic E-state index is 13.1. The lowest BCUT2D eigenvalue weighted by Gasteiger charge is -2.40. The van der Waals surface area contributed by atoms with Gasteiger partial charge in [0.25, 0.3) is 0 Å². The monoisotopic (exact) mass is 533 g/mol. The van der Waals surface area contributed by atoms with E-state index in [0.717, 1.165) is 84.0 Å². The zero-order valence-corrected chi connectivity index (χ0v) is 22.7. The molecule has 188 valence electrons. The third-order valence-corrected chi connectivity index (χ3v) is 9.05. The highest BCUT2D eigenvalue weighted by Crippen LogP contribution is 2.39. The quantitative estimate of drug-likeness (QED) is 0.217. The number of benzene rings is 1. The van der Waals surface area contributed by atoms with E-state index in [1.165, 1.54) is 0 Å². The standard InChI is InChI=1S/C26H32ClN3O3S2/c1-3-33-24(31)26(9-12-30(13-10-26)14-16-35-25-28-11-15-34-25)8-4-5-20-21-17-19(32-2)6-7-23(21)29-18-22(20)27/h6-7,11,15,17-18H,3-5,8-10,12-14,16H2,1-2H3. The second kappa shape index (κ2) is 12.4. The van der Waals surface area contributed by atoms with Gasteiger partial charge in [-0.25, -0.2) is 4.98 Å². The van der Waals surface area contributed by atoms with Crippen molar-refractivity contribution in [3.63, 3.8) is 0 Å². The van der Waals surface area contributed by atoms with Crippen LogP contribution in [0.3, 0.4) is 0 Å². The number of carbonyl (C=O) groups is 1. The average Bonchev–Trinajstić information content (AvgIpc) is 3.40. The highest BCUT2D eigenvalue weighted by molar-refractivity contribution is 8.01. The van der Waals surface area contributed by atoms with E-state index in [-0.39, 0.29) is 5.97 Å². The molecule has 0 aliphatic carbocycles. The van der Waals surface area contributed by atoms with Crippen LogP contribution in [0.2, 0.25) is 5.02 Å². The lowest BCUT2D eigenvalue weighted by Crippen LogP contribution is -2.45. The zero-order valence-electron chi connectivity index (χ0n) is 20.3. The van der Waals surface area contributed by atoms with E-state index in [0.29, 0.717) is 11.6 Å². The van der Waals surface area contributed by atoms with Gasteiger partial charge >= 0.3 is 5.97 Å². The van der Waals surface area contributed by atoms with Crippen molar-refractivity contribution in [2.75, 3.05) is 39.1 Å². The Bertz CT molecular complexity index is 1120. The Morgan fingerprint density at radius 2 is 2.11 bits per heavy atom. The summed E-state index contributed by atoms with van der Waals surface area (Å²) in [5, 5.41) is 3.67. The number of halogens is 1. The van der Waals surface area contributed by atoms with Crippen LogP contribution in [-0.2, 0) is 16.0 Å². The molecule has 4 rings (SSSR count). The minimum atomic E-state index is -0.429. The van der Waals surface area contributed by atoms with Crippen LogP contribution >= 0.6 is 34.7 Å². The number of carbonyl (C=O) groups excluding carboxylic acids is 1. The Morgan fingerprint density at radius 1 is 1.29 bits per heavy atom. The molecule has 1 aromatic carbocycles. The molecule has 1 saturated heterocycles. The van der Waals surface area contributed by atoms with Gasteiger partial charge in [-0.1, -0.05) is 23.4 Å². The van der Waals surface area contributed by atoms with Gasteiger partial charge < -0.3 is 14.4 Å². The second-order valence-corrected chi connectivity index (χ2v) is 11.5. The van der Waals surface area contributed by atoms with E-state index >= 15 is 0 Å². The number of esters is 1. The van der Waals surface area contributed by atoms with Crippen molar-refractivity contribution < 1.29 is 14.3 Å². The van der Waals surface area contributed by atoms with Crippen molar-refractivity contribution >= 4 is 51.6 Å². The second-order valence-electron chi connectivity index (χ2n) is 8.81. The van der Waals surface area contributed by atoms with Crippen LogP contribution in [0.1, 0.15) is 38.2 Å². The number of aromatic nitrogens is 2. The molecule has 3 aromatic rings. The minimum absolute atomic E-state index is 0.0517. The first-order chi connectivity index (χ1) is 17.0. The van der Waals surface area contributed by atoms with Crippen LogP contribution in [0.15, 0.2) is 40.3 Å². The fourth-order valence-corrected chi connectivity index (χ4v) is 6.73. The SMILES string of the molecule is CCOC(=O)C1(CCCc2c(Cl)cnc3ccc(OC)cc23)CCN(CCSc2nccs2)CC1. The number of hydrogen-bond acceptors (Lipinski definition) is 8. The van der Waals surface area contributed by atoms with Crippen LogP contribution in [-0.4, -0.2) is 59.9 Å². The molecular formula is C26H32ClN3O3S2. The number of hydrogen-bond donors (Lipinski definition) is 0. The molecule has 3 heterocycles. The summed E-state index contributed by atoms with van der Waals surface area (Å²) in [6, 6.07) is 5.86. The molecule has 9 heteroatoms. The van der Waals surface area contributed by atoms with Crippen LogP contribution in [0.5, 0.6) is 5.75 Å². The van der Waals surface area contributed by atoms with Crippen molar-refractivity contribution in [3.8, 4) is 5.75 Å². The van der Waals surface area contributed by atoms with Gasteiger partial charge in [0.05, 0.1) is 29.7 Å². The summed E-state index contributed by atoms with van der Waals surface area (Å²) in [6.45, 7) is 5.12. The molecule has 0 spiro atoms. The van der Waals surface area contributed by atoms with Gasteiger partial charge in [-0.05, 0) is 75.9 Å². The van der Waals surface area contributed by atoms with Crippen LogP contribution in [0.4, 0.5) is 0 Å². The third-order valence-electron chi connectivity index (χ3n) is 6.78. The van der Waals surface area contributed by atoms with Crippen molar-refractivity contribution in [3.05, 3.63) is 46.6 Å². The first-order valence-electron chi connectivity index (χ1n) is 12.1. The number of aryl methyl sites for hydroxylation is 1. The summed E-state index contributed by atoms with van der Waals surface area (Å²) in [5.41, 5.74) is 1.53. The number of thioether (sulfide) groups is 1. The Hall–Kier alpha value is -1.87. The topological polar surface area (TPSA) is 64.6 Å². The van der Waals surface area contributed by atoms with Gasteiger partial charge in [0.1, 0.15) is 10.1 Å². The molecule has 0 radical (unpaired) electrons. The number of likely N-dealkylation sites (tertiary alicyclic amines) is 1. The lowest BCUT2D eigenvalue weighted by molar-refractivity contribution is -0.159. The Morgan fingerprint density at radius 3 is 2.83 bits per heavy atom. The predicted octanol–water partition coefficient (Wildman–Crippen LogP) is 6.11. The molecule has 1 aliphatic rings. The summed E-state index contributed by atoms with van der Waals surface area (Å²) in [7, 11) is 1.66. The third kappa shape index (κ3) is 6.47. The van der Waals surface area contributed by atoms with Gasteiger partial charge in [0.15, 0.2) is 0 Å². The van der Waals surface area contributed by atoms with E-state index < -0.39 is 5.41 Å². The molecule has 6 nitrogen and oxygen atoms in total. The fraction of sp³-hybridized carbons (Fsp3) is 0.500. The fourth-order valence-electron chi connectivity index (χ4n) is 4.78. The van der Waals surface area contributed by atoms with Crippen LogP contribution in [0.25, 0.3) is 10.9 Å². The molecule has 0 unspecified atom stereocenters. The maximum Gasteiger partial charge on any atom is 0.312 e. The maximum atomic E-state index is 13.1. The number of thiazole rings is 1. The van der Waals surface area contributed by atoms with Gasteiger partial charge in [0, 0.05) is 35.5 Å². The smallest absolute Gasteiger partial charge is 0.312 e. The molecule has 0 bridgehead atoms. The first kappa shape index (κ1) is 26.2. The van der Waals surface area contributed by atoms with Crippen molar-refractivity contribution in [2.45, 2.75) is 43.4 Å². The van der Waals surface area contributed by atoms with E-state index in [9.17, 15) is 4.79 Å². The lowest BCUT2D eigenvalue weighted by atomic mass is 9.74. The van der Waals surface area contributed by atoms with Crippen molar-refractivity contribution in [1.82, 2.24) is 14.9 Å². The van der Waals surface area contributed by atoms with E-state index in [1.807, 2.05) is 36.7 Å². The molecular weight excluding hydrogens is 502 g/mol. The van der Waals surface area contributed by atoms with Crippen LogP contribution < -0.4 is 4.74 Å². The molecule has 0 saturated carbocycles. The van der Waals surface area contributed by atoms with Gasteiger partial charge in [-0.2, -0.15) is 0 Å². The van der Waals surface area contributed by atoms with Gasteiger partial charge in [-0.15, -0.1) is 11.3 Å². The highest BCUT2D eigenvalue weighted by Gasteiger charge is 2.42. The number of rotatable bonds is 11. The Kier molecular flexibility index (Phi) is 9.27. The van der Waals surface area contributed by atoms with Crippen LogP contribution in [0, 0.1) is 5.41 Å². The number of ether oxygens (including phenoxy) is 2. The molecule has 1 fully saturated rings. The van der Waals surface area contributed by atoms with Crippen molar-refractivity contribution in [1.29, 1.82) is 0 Å². The zero-order chi connectivity index (χ0) is 24.7. The summed E-state index contributed by atoms with van der Waals surface area (Å²) in [5.74, 6) is 1.74.